The molecule has 0 aliphatic rings. The molecule has 0 atom stereocenters. The second-order valence-corrected chi connectivity index (χ2v) is 7.65. The molecular weight excluding hydrogens is 386 g/mol. The second-order valence-electron chi connectivity index (χ2n) is 6.69. The van der Waals surface area contributed by atoms with E-state index in [4.69, 9.17) is 9.26 Å². The van der Waals surface area contributed by atoms with Gasteiger partial charge in [0.25, 0.3) is 5.91 Å². The third-order valence-electron chi connectivity index (χ3n) is 4.54. The topological polar surface area (TPSA) is 68.5 Å². The summed E-state index contributed by atoms with van der Waals surface area (Å²) in [4.78, 5) is 19.2. The fraction of sp³-hybridized carbons (Fsp3) is 0.318. The van der Waals surface area contributed by atoms with Gasteiger partial charge in [0, 0.05) is 31.1 Å². The number of carbonyl (C=O) groups excluding carboxylic acids is 1. The van der Waals surface area contributed by atoms with Crippen molar-refractivity contribution in [3.8, 4) is 5.75 Å². The maximum atomic E-state index is 13.1. The number of hydrogen-bond donors (Lipinski definition) is 0. The number of thioether (sulfide) groups is 1. The van der Waals surface area contributed by atoms with Crippen molar-refractivity contribution >= 4 is 17.7 Å². The van der Waals surface area contributed by atoms with Gasteiger partial charge in [-0.3, -0.25) is 4.79 Å². The molecule has 2 heterocycles. The SMILES string of the molecule is CCOc1ccc(CN(C)C(=O)c2cccnc2SCc2c(C)noc2C)cc1. The molecule has 29 heavy (non-hydrogen) atoms. The number of ether oxygens (including phenoxy) is 1. The minimum Gasteiger partial charge on any atom is -0.494 e. The molecule has 0 aliphatic heterocycles. The first-order valence-electron chi connectivity index (χ1n) is 9.46. The smallest absolute Gasteiger partial charge is 0.256 e. The van der Waals surface area contributed by atoms with Gasteiger partial charge in [-0.2, -0.15) is 0 Å². The van der Waals surface area contributed by atoms with Crippen molar-refractivity contribution in [3.63, 3.8) is 0 Å². The molecule has 0 aliphatic carbocycles. The van der Waals surface area contributed by atoms with Crippen LogP contribution in [0.4, 0.5) is 0 Å². The van der Waals surface area contributed by atoms with E-state index in [-0.39, 0.29) is 5.91 Å². The predicted octanol–water partition coefficient (Wildman–Crippen LogP) is 4.65. The monoisotopic (exact) mass is 411 g/mol. The number of amides is 1. The van der Waals surface area contributed by atoms with Gasteiger partial charge in [-0.25, -0.2) is 4.98 Å². The van der Waals surface area contributed by atoms with Crippen LogP contribution in [0.15, 0.2) is 52.1 Å². The van der Waals surface area contributed by atoms with E-state index in [9.17, 15) is 4.79 Å². The molecule has 0 radical (unpaired) electrons. The summed E-state index contributed by atoms with van der Waals surface area (Å²) in [5, 5.41) is 4.69. The lowest BCUT2D eigenvalue weighted by molar-refractivity contribution is 0.0781. The zero-order valence-corrected chi connectivity index (χ0v) is 18.0. The lowest BCUT2D eigenvalue weighted by atomic mass is 10.2. The highest BCUT2D eigenvalue weighted by Gasteiger charge is 2.18. The van der Waals surface area contributed by atoms with E-state index >= 15 is 0 Å². The van der Waals surface area contributed by atoms with Gasteiger partial charge in [-0.15, -0.1) is 11.8 Å². The van der Waals surface area contributed by atoms with E-state index < -0.39 is 0 Å². The van der Waals surface area contributed by atoms with Gasteiger partial charge >= 0.3 is 0 Å². The van der Waals surface area contributed by atoms with Crippen molar-refractivity contribution in [2.45, 2.75) is 38.1 Å². The van der Waals surface area contributed by atoms with Crippen LogP contribution in [0, 0.1) is 13.8 Å². The summed E-state index contributed by atoms with van der Waals surface area (Å²) in [5.74, 6) is 2.22. The van der Waals surface area contributed by atoms with Crippen LogP contribution in [0.2, 0.25) is 0 Å². The lowest BCUT2D eigenvalue weighted by Gasteiger charge is -2.19. The molecule has 0 N–H and O–H groups in total. The van der Waals surface area contributed by atoms with E-state index in [2.05, 4.69) is 10.1 Å². The molecule has 2 aromatic heterocycles. The average molecular weight is 412 g/mol. The standard InChI is InChI=1S/C22H25N3O3S/c1-5-27-18-10-8-17(9-11-18)13-25(4)22(26)19-7-6-12-23-21(19)29-14-20-15(2)24-28-16(20)3/h6-12H,5,13-14H2,1-4H3. The number of carbonyl (C=O) groups is 1. The van der Waals surface area contributed by atoms with Crippen molar-refractivity contribution in [3.05, 3.63) is 70.7 Å². The van der Waals surface area contributed by atoms with Crippen LogP contribution in [0.5, 0.6) is 5.75 Å². The van der Waals surface area contributed by atoms with Crippen molar-refractivity contribution in [2.24, 2.45) is 0 Å². The zero-order valence-electron chi connectivity index (χ0n) is 17.1. The fourth-order valence-electron chi connectivity index (χ4n) is 2.93. The molecule has 7 heteroatoms. The van der Waals surface area contributed by atoms with Gasteiger partial charge in [-0.05, 0) is 50.6 Å². The van der Waals surface area contributed by atoms with Gasteiger partial charge in [0.15, 0.2) is 0 Å². The molecule has 152 valence electrons. The van der Waals surface area contributed by atoms with Crippen LogP contribution in [0.1, 0.15) is 39.9 Å². The van der Waals surface area contributed by atoms with E-state index in [0.717, 1.165) is 28.3 Å². The molecule has 3 rings (SSSR count). The first-order valence-corrected chi connectivity index (χ1v) is 10.4. The van der Waals surface area contributed by atoms with E-state index in [1.807, 2.05) is 51.1 Å². The molecular formula is C22H25N3O3S. The normalized spacial score (nSPS) is 10.8. The molecule has 0 spiro atoms. The third kappa shape index (κ3) is 5.17. The molecule has 0 unspecified atom stereocenters. The van der Waals surface area contributed by atoms with E-state index in [0.29, 0.717) is 29.5 Å². The van der Waals surface area contributed by atoms with Gasteiger partial charge in [0.2, 0.25) is 0 Å². The highest BCUT2D eigenvalue weighted by Crippen LogP contribution is 2.28. The summed E-state index contributed by atoms with van der Waals surface area (Å²) in [6, 6.07) is 11.4. The number of benzene rings is 1. The Morgan fingerprint density at radius 3 is 2.62 bits per heavy atom. The number of nitrogens with zero attached hydrogens (tertiary/aromatic N) is 3. The highest BCUT2D eigenvalue weighted by molar-refractivity contribution is 7.98. The van der Waals surface area contributed by atoms with E-state index in [1.165, 1.54) is 11.8 Å². The molecule has 0 saturated heterocycles. The maximum absolute atomic E-state index is 13.1. The van der Waals surface area contributed by atoms with Crippen LogP contribution in [0.25, 0.3) is 0 Å². The Morgan fingerprint density at radius 2 is 1.97 bits per heavy atom. The summed E-state index contributed by atoms with van der Waals surface area (Å²) in [6.07, 6.45) is 1.71. The summed E-state index contributed by atoms with van der Waals surface area (Å²) < 4.78 is 10.7. The summed E-state index contributed by atoms with van der Waals surface area (Å²) in [5.41, 5.74) is 3.55. The quantitative estimate of drug-likeness (QED) is 0.503. The lowest BCUT2D eigenvalue weighted by Crippen LogP contribution is -2.26. The molecule has 0 fully saturated rings. The summed E-state index contributed by atoms with van der Waals surface area (Å²) in [7, 11) is 1.80. The van der Waals surface area contributed by atoms with Crippen molar-refractivity contribution < 1.29 is 14.1 Å². The molecule has 6 nitrogen and oxygen atoms in total. The van der Waals surface area contributed by atoms with Crippen LogP contribution in [-0.4, -0.2) is 34.6 Å². The highest BCUT2D eigenvalue weighted by atomic mass is 32.2. The van der Waals surface area contributed by atoms with Crippen LogP contribution in [0.3, 0.4) is 0 Å². The predicted molar refractivity (Wildman–Crippen MR) is 113 cm³/mol. The average Bonchev–Trinajstić information content (AvgIpc) is 3.05. The number of hydrogen-bond acceptors (Lipinski definition) is 6. The maximum Gasteiger partial charge on any atom is 0.256 e. The van der Waals surface area contributed by atoms with Gasteiger partial charge in [0.05, 0.1) is 17.9 Å². The largest absolute Gasteiger partial charge is 0.494 e. The van der Waals surface area contributed by atoms with Crippen LogP contribution >= 0.6 is 11.8 Å². The van der Waals surface area contributed by atoms with Crippen molar-refractivity contribution in [1.82, 2.24) is 15.0 Å². The van der Waals surface area contributed by atoms with Gasteiger partial charge < -0.3 is 14.2 Å². The summed E-state index contributed by atoms with van der Waals surface area (Å²) >= 11 is 1.52. The Kier molecular flexibility index (Phi) is 6.93. The Hall–Kier alpha value is -2.80. The Balaban J connectivity index is 1.70. The van der Waals surface area contributed by atoms with E-state index in [1.54, 1.807) is 24.2 Å². The Labute approximate surface area is 175 Å². The number of rotatable bonds is 8. The Bertz CT molecular complexity index is 950. The molecule has 1 amide bonds. The number of pyridine rings is 1. The van der Waals surface area contributed by atoms with Gasteiger partial charge in [0.1, 0.15) is 16.5 Å². The summed E-state index contributed by atoms with van der Waals surface area (Å²) in [6.45, 7) is 6.91. The number of aryl methyl sites for hydroxylation is 2. The first kappa shape index (κ1) is 20.9. The number of aromatic nitrogens is 2. The minimum absolute atomic E-state index is 0.0618. The first-order chi connectivity index (χ1) is 14.0. The van der Waals surface area contributed by atoms with Crippen LogP contribution in [-0.2, 0) is 12.3 Å². The second kappa shape index (κ2) is 9.60. The fourth-order valence-corrected chi connectivity index (χ4v) is 4.07. The molecule has 0 saturated carbocycles. The molecule has 0 bridgehead atoms. The third-order valence-corrected chi connectivity index (χ3v) is 5.57. The van der Waals surface area contributed by atoms with Gasteiger partial charge in [-0.1, -0.05) is 17.3 Å². The van der Waals surface area contributed by atoms with Crippen LogP contribution < -0.4 is 4.74 Å². The molecule has 1 aromatic carbocycles. The minimum atomic E-state index is -0.0618. The Morgan fingerprint density at radius 1 is 1.21 bits per heavy atom. The molecule has 3 aromatic rings. The van der Waals surface area contributed by atoms with Crippen molar-refractivity contribution in [2.75, 3.05) is 13.7 Å². The van der Waals surface area contributed by atoms with Crippen molar-refractivity contribution in [1.29, 1.82) is 0 Å². The zero-order chi connectivity index (χ0) is 20.8.